The van der Waals surface area contributed by atoms with Crippen LogP contribution in [0.2, 0.25) is 5.02 Å². The second kappa shape index (κ2) is 6.26. The first-order valence-corrected chi connectivity index (χ1v) is 7.45. The van der Waals surface area contributed by atoms with Gasteiger partial charge >= 0.3 is 0 Å². The predicted octanol–water partition coefficient (Wildman–Crippen LogP) is 2.74. The van der Waals surface area contributed by atoms with Crippen LogP contribution in [0, 0.1) is 0 Å². The minimum absolute atomic E-state index is 0.139. The second-order valence-corrected chi connectivity index (χ2v) is 5.74. The minimum atomic E-state index is -0.139. The number of rotatable bonds is 4. The highest BCUT2D eigenvalue weighted by Crippen LogP contribution is 2.26. The number of carbonyl (C=O) groups excluding carboxylic acids is 1. The van der Waals surface area contributed by atoms with Crippen LogP contribution in [0.1, 0.15) is 16.1 Å². The van der Waals surface area contributed by atoms with E-state index < -0.39 is 0 Å². The van der Waals surface area contributed by atoms with Gasteiger partial charge in [0.1, 0.15) is 5.69 Å². The summed E-state index contributed by atoms with van der Waals surface area (Å²) in [4.78, 5) is 14.1. The summed E-state index contributed by atoms with van der Waals surface area (Å²) in [5, 5.41) is 11.7. The number of nitrogens with zero attached hydrogens (tertiary/aromatic N) is 4. The van der Waals surface area contributed by atoms with Crippen LogP contribution in [0.4, 0.5) is 0 Å². The first-order valence-electron chi connectivity index (χ1n) is 7.08. The highest BCUT2D eigenvalue weighted by molar-refractivity contribution is 6.33. The number of aromatic amines is 1. The summed E-state index contributed by atoms with van der Waals surface area (Å²) in [6.45, 7) is 0.479. The monoisotopic (exact) mass is 329 g/mol. The standard InChI is InChI=1S/C16H16ClN5O/c1-21(9-11-8-18-22(2)10-11)16(23)15-7-14(19-20-15)12-5-3-4-6-13(12)17/h3-8,10H,9H2,1-2H3,(H,19,20). The molecule has 118 valence electrons. The second-order valence-electron chi connectivity index (χ2n) is 5.33. The van der Waals surface area contributed by atoms with Crippen LogP contribution >= 0.6 is 11.6 Å². The van der Waals surface area contributed by atoms with Gasteiger partial charge in [0.15, 0.2) is 0 Å². The van der Waals surface area contributed by atoms with E-state index in [1.807, 2.05) is 31.4 Å². The third kappa shape index (κ3) is 3.27. The Kier molecular flexibility index (Phi) is 4.16. The molecule has 0 spiro atoms. The Bertz CT molecular complexity index is 838. The van der Waals surface area contributed by atoms with E-state index in [1.165, 1.54) is 0 Å². The Morgan fingerprint density at radius 2 is 2.17 bits per heavy atom. The van der Waals surface area contributed by atoms with Gasteiger partial charge in [-0.15, -0.1) is 0 Å². The molecule has 1 amide bonds. The number of nitrogens with one attached hydrogen (secondary N) is 1. The molecule has 2 aromatic heterocycles. The molecular formula is C16H16ClN5O. The Morgan fingerprint density at radius 1 is 1.39 bits per heavy atom. The summed E-state index contributed by atoms with van der Waals surface area (Å²) >= 11 is 6.16. The van der Waals surface area contributed by atoms with Crippen molar-refractivity contribution >= 4 is 17.5 Å². The van der Waals surface area contributed by atoms with Gasteiger partial charge in [-0.1, -0.05) is 29.8 Å². The quantitative estimate of drug-likeness (QED) is 0.800. The van der Waals surface area contributed by atoms with Crippen LogP contribution in [0.15, 0.2) is 42.7 Å². The molecule has 1 aromatic carbocycles. The Morgan fingerprint density at radius 3 is 2.87 bits per heavy atom. The lowest BCUT2D eigenvalue weighted by atomic mass is 10.1. The SMILES string of the molecule is CN(Cc1cnn(C)c1)C(=O)c1cc(-c2ccccc2Cl)n[nH]1. The molecule has 0 unspecified atom stereocenters. The van der Waals surface area contributed by atoms with Gasteiger partial charge in [-0.2, -0.15) is 10.2 Å². The topological polar surface area (TPSA) is 66.8 Å². The number of benzene rings is 1. The van der Waals surface area contributed by atoms with Crippen molar-refractivity contribution in [2.45, 2.75) is 6.54 Å². The molecule has 6 nitrogen and oxygen atoms in total. The fraction of sp³-hybridized carbons (Fsp3) is 0.188. The molecule has 2 heterocycles. The minimum Gasteiger partial charge on any atom is -0.336 e. The highest BCUT2D eigenvalue weighted by Gasteiger charge is 2.17. The normalized spacial score (nSPS) is 10.7. The number of halogens is 1. The summed E-state index contributed by atoms with van der Waals surface area (Å²) in [5.74, 6) is -0.139. The van der Waals surface area contributed by atoms with Crippen LogP contribution in [-0.2, 0) is 13.6 Å². The molecule has 0 bridgehead atoms. The molecule has 0 radical (unpaired) electrons. The highest BCUT2D eigenvalue weighted by atomic mass is 35.5. The molecule has 0 aliphatic carbocycles. The number of aromatic nitrogens is 4. The van der Waals surface area contributed by atoms with Gasteiger partial charge in [-0.3, -0.25) is 14.6 Å². The number of amides is 1. The largest absolute Gasteiger partial charge is 0.336 e. The molecule has 0 saturated carbocycles. The van der Waals surface area contributed by atoms with E-state index >= 15 is 0 Å². The van der Waals surface area contributed by atoms with Crippen molar-refractivity contribution in [3.05, 3.63) is 59.0 Å². The summed E-state index contributed by atoms with van der Waals surface area (Å²) in [6, 6.07) is 9.11. The first kappa shape index (κ1) is 15.3. The number of hydrogen-bond donors (Lipinski definition) is 1. The third-order valence-corrected chi connectivity index (χ3v) is 3.81. The number of H-pyrrole nitrogens is 1. The van der Waals surface area contributed by atoms with Gasteiger partial charge in [0.2, 0.25) is 0 Å². The summed E-state index contributed by atoms with van der Waals surface area (Å²) < 4.78 is 1.71. The van der Waals surface area contributed by atoms with Crippen LogP contribution in [-0.4, -0.2) is 37.8 Å². The summed E-state index contributed by atoms with van der Waals surface area (Å²) in [6.07, 6.45) is 3.62. The van der Waals surface area contributed by atoms with Gasteiger partial charge in [0, 0.05) is 38.0 Å². The molecule has 0 aliphatic rings. The smallest absolute Gasteiger partial charge is 0.271 e. The molecular weight excluding hydrogens is 314 g/mol. The van der Waals surface area contributed by atoms with Crippen molar-refractivity contribution in [1.29, 1.82) is 0 Å². The van der Waals surface area contributed by atoms with Gasteiger partial charge in [-0.05, 0) is 12.1 Å². The van der Waals surface area contributed by atoms with Crippen molar-refractivity contribution in [2.75, 3.05) is 7.05 Å². The molecule has 0 aliphatic heterocycles. The van der Waals surface area contributed by atoms with E-state index in [0.717, 1.165) is 11.1 Å². The molecule has 7 heteroatoms. The average Bonchev–Trinajstić information content (AvgIpc) is 3.16. The van der Waals surface area contributed by atoms with E-state index in [2.05, 4.69) is 15.3 Å². The third-order valence-electron chi connectivity index (χ3n) is 3.48. The summed E-state index contributed by atoms with van der Waals surface area (Å²) in [7, 11) is 3.58. The first-order chi connectivity index (χ1) is 11.0. The Hall–Kier alpha value is -2.60. The predicted molar refractivity (Wildman–Crippen MR) is 88.0 cm³/mol. The number of hydrogen-bond acceptors (Lipinski definition) is 3. The van der Waals surface area contributed by atoms with E-state index in [4.69, 9.17) is 11.6 Å². The fourth-order valence-electron chi connectivity index (χ4n) is 2.34. The van der Waals surface area contributed by atoms with E-state index in [0.29, 0.717) is 23.0 Å². The van der Waals surface area contributed by atoms with Gasteiger partial charge in [0.25, 0.3) is 5.91 Å². The molecule has 23 heavy (non-hydrogen) atoms. The zero-order valence-electron chi connectivity index (χ0n) is 12.8. The Balaban J connectivity index is 1.77. The zero-order chi connectivity index (χ0) is 16.4. The maximum Gasteiger partial charge on any atom is 0.271 e. The maximum absolute atomic E-state index is 12.5. The van der Waals surface area contributed by atoms with Crippen LogP contribution in [0.3, 0.4) is 0 Å². The van der Waals surface area contributed by atoms with Crippen LogP contribution < -0.4 is 0 Å². The molecule has 3 rings (SSSR count). The van der Waals surface area contributed by atoms with E-state index in [-0.39, 0.29) is 5.91 Å². The summed E-state index contributed by atoms with van der Waals surface area (Å²) in [5.41, 5.74) is 2.83. The van der Waals surface area contributed by atoms with E-state index in [9.17, 15) is 4.79 Å². The lowest BCUT2D eigenvalue weighted by Crippen LogP contribution is -2.26. The molecule has 3 aromatic rings. The average molecular weight is 330 g/mol. The fourth-order valence-corrected chi connectivity index (χ4v) is 2.58. The van der Waals surface area contributed by atoms with Crippen molar-refractivity contribution in [3.8, 4) is 11.3 Å². The van der Waals surface area contributed by atoms with Crippen LogP contribution in [0.25, 0.3) is 11.3 Å². The van der Waals surface area contributed by atoms with Crippen LogP contribution in [0.5, 0.6) is 0 Å². The number of aryl methyl sites for hydroxylation is 1. The molecule has 0 fully saturated rings. The number of carbonyl (C=O) groups is 1. The molecule has 0 saturated heterocycles. The molecule has 1 N–H and O–H groups in total. The van der Waals surface area contributed by atoms with E-state index in [1.54, 1.807) is 35.0 Å². The maximum atomic E-state index is 12.5. The van der Waals surface area contributed by atoms with Crippen molar-refractivity contribution in [1.82, 2.24) is 24.9 Å². The lowest BCUT2D eigenvalue weighted by molar-refractivity contribution is 0.0779. The molecule has 0 atom stereocenters. The van der Waals surface area contributed by atoms with Gasteiger partial charge in [-0.25, -0.2) is 0 Å². The lowest BCUT2D eigenvalue weighted by Gasteiger charge is -2.14. The van der Waals surface area contributed by atoms with Crippen molar-refractivity contribution in [3.63, 3.8) is 0 Å². The zero-order valence-corrected chi connectivity index (χ0v) is 13.6. The van der Waals surface area contributed by atoms with Crippen molar-refractivity contribution < 1.29 is 4.79 Å². The van der Waals surface area contributed by atoms with Crippen molar-refractivity contribution in [2.24, 2.45) is 7.05 Å². The van der Waals surface area contributed by atoms with Gasteiger partial charge < -0.3 is 4.90 Å². The Labute approximate surface area is 138 Å². The van der Waals surface area contributed by atoms with Gasteiger partial charge in [0.05, 0.1) is 16.9 Å².